The van der Waals surface area contributed by atoms with E-state index in [0.717, 1.165) is 75.6 Å². The quantitative estimate of drug-likeness (QED) is 0.832. The Bertz CT molecular complexity index is 849. The fourth-order valence-electron chi connectivity index (χ4n) is 4.43. The van der Waals surface area contributed by atoms with Crippen LogP contribution in [-0.4, -0.2) is 49.7 Å². The molecule has 2 aliphatic heterocycles. The van der Waals surface area contributed by atoms with Crippen LogP contribution in [0.1, 0.15) is 73.3 Å². The lowest BCUT2D eigenvalue weighted by Gasteiger charge is -2.22. The van der Waals surface area contributed by atoms with Crippen molar-refractivity contribution in [3.63, 3.8) is 0 Å². The van der Waals surface area contributed by atoms with Gasteiger partial charge in [-0.2, -0.15) is 5.10 Å². The number of aryl methyl sites for hydroxylation is 2. The maximum absolute atomic E-state index is 12.8. The molecule has 0 aliphatic carbocycles. The fraction of sp³-hybridized carbons (Fsp3) is 0.714. The summed E-state index contributed by atoms with van der Waals surface area (Å²) in [5.74, 6) is 3.05. The summed E-state index contributed by atoms with van der Waals surface area (Å²) in [6.45, 7) is 6.77. The van der Waals surface area contributed by atoms with Gasteiger partial charge in [-0.25, -0.2) is 0 Å². The van der Waals surface area contributed by atoms with Crippen molar-refractivity contribution in [2.75, 3.05) is 13.2 Å². The highest BCUT2D eigenvalue weighted by molar-refractivity contribution is 5.92. The highest BCUT2D eigenvalue weighted by Crippen LogP contribution is 2.28. The largest absolute Gasteiger partial charge is 0.381 e. The number of aromatic nitrogens is 5. The molecule has 2 aromatic heterocycles. The van der Waals surface area contributed by atoms with Gasteiger partial charge in [0.15, 0.2) is 0 Å². The van der Waals surface area contributed by atoms with Gasteiger partial charge in [0.25, 0.3) is 5.91 Å². The van der Waals surface area contributed by atoms with Crippen molar-refractivity contribution in [2.24, 2.45) is 13.0 Å². The molecule has 4 rings (SSSR count). The zero-order valence-corrected chi connectivity index (χ0v) is 17.7. The lowest BCUT2D eigenvalue weighted by molar-refractivity contribution is 0.0826. The summed E-state index contributed by atoms with van der Waals surface area (Å²) in [4.78, 5) is 12.8. The van der Waals surface area contributed by atoms with Gasteiger partial charge < -0.3 is 14.6 Å². The average Bonchev–Trinajstić information content (AvgIpc) is 3.21. The number of hydrogen-bond acceptors (Lipinski definition) is 5. The first-order chi connectivity index (χ1) is 14.0. The van der Waals surface area contributed by atoms with Crippen LogP contribution in [0.5, 0.6) is 0 Å². The van der Waals surface area contributed by atoms with E-state index in [9.17, 15) is 4.79 Å². The molecule has 2 aromatic rings. The molecule has 1 saturated heterocycles. The second-order valence-electron chi connectivity index (χ2n) is 8.75. The maximum atomic E-state index is 12.8. The van der Waals surface area contributed by atoms with Crippen molar-refractivity contribution in [2.45, 2.75) is 70.9 Å². The van der Waals surface area contributed by atoms with E-state index in [1.807, 2.05) is 13.1 Å². The molecule has 2 aliphatic rings. The third-order valence-electron chi connectivity index (χ3n) is 5.98. The molecule has 1 N–H and O–H groups in total. The van der Waals surface area contributed by atoms with Crippen LogP contribution in [0.3, 0.4) is 0 Å². The Kier molecular flexibility index (Phi) is 5.99. The van der Waals surface area contributed by atoms with Crippen LogP contribution in [0.15, 0.2) is 6.07 Å². The van der Waals surface area contributed by atoms with Crippen molar-refractivity contribution in [3.05, 3.63) is 29.1 Å². The van der Waals surface area contributed by atoms with Gasteiger partial charge in [0, 0.05) is 45.2 Å². The number of hydrogen-bond donors (Lipinski definition) is 1. The van der Waals surface area contributed by atoms with Crippen molar-refractivity contribution in [1.29, 1.82) is 0 Å². The Morgan fingerprint density at radius 3 is 2.79 bits per heavy atom. The van der Waals surface area contributed by atoms with Crippen LogP contribution in [-0.2, 0) is 31.2 Å². The van der Waals surface area contributed by atoms with Crippen molar-refractivity contribution < 1.29 is 9.53 Å². The normalized spacial score (nSPS) is 20.5. The number of amides is 1. The summed E-state index contributed by atoms with van der Waals surface area (Å²) in [6, 6.07) is 2.06. The number of nitrogens with one attached hydrogen (secondary N) is 1. The summed E-state index contributed by atoms with van der Waals surface area (Å²) >= 11 is 0. The Hall–Kier alpha value is -2.22. The molecule has 0 saturated carbocycles. The lowest BCUT2D eigenvalue weighted by atomic mass is 9.99. The summed E-state index contributed by atoms with van der Waals surface area (Å²) in [6.07, 6.45) is 5.52. The van der Waals surface area contributed by atoms with Gasteiger partial charge >= 0.3 is 0 Å². The van der Waals surface area contributed by atoms with Gasteiger partial charge in [-0.05, 0) is 44.1 Å². The first-order valence-electron chi connectivity index (χ1n) is 10.8. The monoisotopic (exact) mass is 400 g/mol. The average molecular weight is 401 g/mol. The van der Waals surface area contributed by atoms with E-state index < -0.39 is 0 Å². The molecule has 4 heterocycles. The highest BCUT2D eigenvalue weighted by atomic mass is 16.5. The van der Waals surface area contributed by atoms with Gasteiger partial charge in [-0.3, -0.25) is 9.48 Å². The molecule has 1 unspecified atom stereocenters. The predicted octanol–water partition coefficient (Wildman–Crippen LogP) is 2.24. The number of carbonyl (C=O) groups is 1. The number of ether oxygens (including phenoxy) is 1. The Morgan fingerprint density at radius 2 is 2.03 bits per heavy atom. The van der Waals surface area contributed by atoms with E-state index in [1.165, 1.54) is 0 Å². The molecule has 1 fully saturated rings. The van der Waals surface area contributed by atoms with Crippen LogP contribution in [0.4, 0.5) is 0 Å². The van der Waals surface area contributed by atoms with Crippen LogP contribution in [0.2, 0.25) is 0 Å². The Morgan fingerprint density at radius 1 is 1.24 bits per heavy atom. The summed E-state index contributed by atoms with van der Waals surface area (Å²) in [7, 11) is 1.84. The molecule has 8 heteroatoms. The predicted molar refractivity (Wildman–Crippen MR) is 109 cm³/mol. The minimum absolute atomic E-state index is 0.0395. The van der Waals surface area contributed by atoms with E-state index in [1.54, 1.807) is 4.68 Å². The van der Waals surface area contributed by atoms with Crippen LogP contribution < -0.4 is 5.32 Å². The van der Waals surface area contributed by atoms with Crippen LogP contribution >= 0.6 is 0 Å². The van der Waals surface area contributed by atoms with Crippen LogP contribution in [0.25, 0.3) is 0 Å². The second-order valence-corrected chi connectivity index (χ2v) is 8.75. The van der Waals surface area contributed by atoms with Gasteiger partial charge in [-0.1, -0.05) is 13.8 Å². The van der Waals surface area contributed by atoms with Crippen molar-refractivity contribution >= 4 is 5.91 Å². The molecule has 29 heavy (non-hydrogen) atoms. The van der Waals surface area contributed by atoms with Gasteiger partial charge in [0.1, 0.15) is 17.3 Å². The molecular formula is C21H32N6O2. The molecular weight excluding hydrogens is 368 g/mol. The molecule has 158 valence electrons. The van der Waals surface area contributed by atoms with Gasteiger partial charge in [0.05, 0.1) is 5.69 Å². The standard InChI is InChI=1S/C21H32N6O2/c1-14(2)12-17-13-18(26(3)25-17)21(28)22-16-4-5-19-23-24-20(27(19)9-6-16)15-7-10-29-11-8-15/h13-16H,4-12H2,1-3H3,(H,22,28). The smallest absolute Gasteiger partial charge is 0.269 e. The topological polar surface area (TPSA) is 86.9 Å². The molecule has 0 spiro atoms. The second kappa shape index (κ2) is 8.65. The summed E-state index contributed by atoms with van der Waals surface area (Å²) in [5, 5.41) is 16.7. The number of nitrogens with zero attached hydrogens (tertiary/aromatic N) is 5. The number of fused-ring (bicyclic) bond motifs is 1. The lowest BCUT2D eigenvalue weighted by Crippen LogP contribution is -2.36. The Labute approximate surface area is 172 Å². The minimum Gasteiger partial charge on any atom is -0.381 e. The minimum atomic E-state index is -0.0395. The first kappa shape index (κ1) is 20.1. The fourth-order valence-corrected chi connectivity index (χ4v) is 4.43. The molecule has 0 bridgehead atoms. The van der Waals surface area contributed by atoms with Gasteiger partial charge in [-0.15, -0.1) is 10.2 Å². The molecule has 0 radical (unpaired) electrons. The molecule has 8 nitrogen and oxygen atoms in total. The zero-order valence-electron chi connectivity index (χ0n) is 17.7. The SMILES string of the molecule is CC(C)Cc1cc(C(=O)NC2CCc3nnc(C4CCOCC4)n3CC2)n(C)n1. The van der Waals surface area contributed by atoms with E-state index in [-0.39, 0.29) is 11.9 Å². The van der Waals surface area contributed by atoms with E-state index in [4.69, 9.17) is 4.74 Å². The zero-order chi connectivity index (χ0) is 20.4. The number of rotatable bonds is 5. The molecule has 0 aromatic carbocycles. The Balaban J connectivity index is 1.39. The maximum Gasteiger partial charge on any atom is 0.269 e. The first-order valence-corrected chi connectivity index (χ1v) is 10.8. The third kappa shape index (κ3) is 4.52. The van der Waals surface area contributed by atoms with Crippen LogP contribution in [0, 0.1) is 5.92 Å². The molecule has 1 amide bonds. The highest BCUT2D eigenvalue weighted by Gasteiger charge is 2.27. The summed E-state index contributed by atoms with van der Waals surface area (Å²) < 4.78 is 9.47. The van der Waals surface area contributed by atoms with E-state index >= 15 is 0 Å². The van der Waals surface area contributed by atoms with E-state index in [2.05, 4.69) is 39.0 Å². The number of carbonyl (C=O) groups excluding carboxylic acids is 1. The van der Waals surface area contributed by atoms with Crippen molar-refractivity contribution in [3.8, 4) is 0 Å². The molecule has 1 atom stereocenters. The summed E-state index contributed by atoms with van der Waals surface area (Å²) in [5.41, 5.74) is 1.60. The van der Waals surface area contributed by atoms with E-state index in [0.29, 0.717) is 17.5 Å². The van der Waals surface area contributed by atoms with Gasteiger partial charge in [0.2, 0.25) is 0 Å². The third-order valence-corrected chi connectivity index (χ3v) is 5.98. The van der Waals surface area contributed by atoms with Crippen molar-refractivity contribution in [1.82, 2.24) is 29.9 Å².